The van der Waals surface area contributed by atoms with Gasteiger partial charge in [-0.2, -0.15) is 5.26 Å². The fourth-order valence-corrected chi connectivity index (χ4v) is 2.12. The van der Waals surface area contributed by atoms with Crippen molar-refractivity contribution in [2.75, 3.05) is 45.9 Å². The number of amides is 1. The highest BCUT2D eigenvalue weighted by Crippen LogP contribution is 2.08. The summed E-state index contributed by atoms with van der Waals surface area (Å²) < 4.78 is 5.31. The van der Waals surface area contributed by atoms with Crippen LogP contribution in [0.1, 0.15) is 20.3 Å². The van der Waals surface area contributed by atoms with E-state index in [0.29, 0.717) is 19.5 Å². The minimum Gasteiger partial charge on any atom is -0.379 e. The molecule has 0 spiro atoms. The molecular weight excluding hydrogens is 256 g/mol. The molecule has 20 heavy (non-hydrogen) atoms. The second-order valence-corrected chi connectivity index (χ2v) is 5.34. The van der Waals surface area contributed by atoms with Gasteiger partial charge in [-0.25, -0.2) is 0 Å². The Bertz CT molecular complexity index is 335. The summed E-state index contributed by atoms with van der Waals surface area (Å²) in [5.74, 6) is -0.165. The summed E-state index contributed by atoms with van der Waals surface area (Å²) in [6.07, 6.45) is 0.362. The van der Waals surface area contributed by atoms with E-state index in [1.807, 2.05) is 13.8 Å². The molecule has 1 rings (SSSR count). The number of carbonyl (C=O) groups is 1. The summed E-state index contributed by atoms with van der Waals surface area (Å²) in [7, 11) is 0. The predicted octanol–water partition coefficient (Wildman–Crippen LogP) is 0.0442. The minimum atomic E-state index is -0.210. The minimum absolute atomic E-state index is 0.0449. The molecule has 114 valence electrons. The monoisotopic (exact) mass is 282 g/mol. The molecule has 6 nitrogen and oxygen atoms in total. The van der Waals surface area contributed by atoms with Crippen molar-refractivity contribution in [1.29, 1.82) is 5.26 Å². The lowest BCUT2D eigenvalue weighted by molar-refractivity contribution is -0.135. The first-order chi connectivity index (χ1) is 9.56. The van der Waals surface area contributed by atoms with E-state index < -0.39 is 0 Å². The van der Waals surface area contributed by atoms with E-state index >= 15 is 0 Å². The van der Waals surface area contributed by atoms with Crippen LogP contribution in [0.15, 0.2) is 0 Å². The van der Waals surface area contributed by atoms with Crippen LogP contribution in [0.2, 0.25) is 0 Å². The van der Waals surface area contributed by atoms with Gasteiger partial charge in [0.25, 0.3) is 0 Å². The van der Waals surface area contributed by atoms with Crippen molar-refractivity contribution in [3.63, 3.8) is 0 Å². The lowest BCUT2D eigenvalue weighted by atomic mass is 10.0. The Morgan fingerprint density at radius 2 is 2.05 bits per heavy atom. The number of hydrogen-bond acceptors (Lipinski definition) is 5. The van der Waals surface area contributed by atoms with Crippen molar-refractivity contribution in [2.45, 2.75) is 26.3 Å². The SMILES string of the molecule is CC(N)C(C)C(=O)N(CCC#N)CCN1CCOCC1. The standard InChI is InChI=1S/C14H26N4O2/c1-12(13(2)16)14(19)18(5-3-4-15)7-6-17-8-10-20-11-9-17/h12-13H,3,5-11,16H2,1-2H3. The Morgan fingerprint density at radius 1 is 1.40 bits per heavy atom. The largest absolute Gasteiger partial charge is 0.379 e. The van der Waals surface area contributed by atoms with E-state index in [-0.39, 0.29) is 17.9 Å². The van der Waals surface area contributed by atoms with Crippen LogP contribution in [0, 0.1) is 17.2 Å². The second kappa shape index (κ2) is 8.90. The van der Waals surface area contributed by atoms with Gasteiger partial charge < -0.3 is 15.4 Å². The van der Waals surface area contributed by atoms with Crippen LogP contribution in [0.3, 0.4) is 0 Å². The van der Waals surface area contributed by atoms with E-state index in [1.165, 1.54) is 0 Å². The Balaban J connectivity index is 2.50. The number of morpholine rings is 1. The molecule has 1 aliphatic rings. The van der Waals surface area contributed by atoms with Crippen molar-refractivity contribution in [3.8, 4) is 6.07 Å². The quantitative estimate of drug-likeness (QED) is 0.713. The average molecular weight is 282 g/mol. The highest BCUT2D eigenvalue weighted by Gasteiger charge is 2.23. The second-order valence-electron chi connectivity index (χ2n) is 5.34. The van der Waals surface area contributed by atoms with Gasteiger partial charge in [-0.15, -0.1) is 0 Å². The van der Waals surface area contributed by atoms with Crippen LogP contribution in [0.5, 0.6) is 0 Å². The van der Waals surface area contributed by atoms with Crippen molar-refractivity contribution in [3.05, 3.63) is 0 Å². The van der Waals surface area contributed by atoms with Gasteiger partial charge in [0.15, 0.2) is 0 Å². The zero-order valence-electron chi connectivity index (χ0n) is 12.5. The van der Waals surface area contributed by atoms with Gasteiger partial charge in [-0.1, -0.05) is 6.92 Å². The lowest BCUT2D eigenvalue weighted by Gasteiger charge is -2.31. The van der Waals surface area contributed by atoms with Crippen LogP contribution in [0.4, 0.5) is 0 Å². The molecule has 0 aromatic carbocycles. The molecule has 0 aromatic heterocycles. The van der Waals surface area contributed by atoms with Gasteiger partial charge >= 0.3 is 0 Å². The molecule has 2 N–H and O–H groups in total. The molecule has 0 radical (unpaired) electrons. The van der Waals surface area contributed by atoms with Gasteiger partial charge in [-0.05, 0) is 6.92 Å². The van der Waals surface area contributed by atoms with Crippen molar-refractivity contribution in [1.82, 2.24) is 9.80 Å². The summed E-state index contributed by atoms with van der Waals surface area (Å²) >= 11 is 0. The maximum Gasteiger partial charge on any atom is 0.227 e. The third-order valence-electron chi connectivity index (χ3n) is 3.77. The smallest absolute Gasteiger partial charge is 0.227 e. The van der Waals surface area contributed by atoms with Crippen LogP contribution in [-0.4, -0.2) is 67.7 Å². The van der Waals surface area contributed by atoms with Crippen molar-refractivity contribution in [2.24, 2.45) is 11.7 Å². The van der Waals surface area contributed by atoms with Crippen LogP contribution >= 0.6 is 0 Å². The van der Waals surface area contributed by atoms with Gasteiger partial charge in [0.1, 0.15) is 0 Å². The zero-order valence-corrected chi connectivity index (χ0v) is 12.5. The number of nitriles is 1. The molecule has 0 bridgehead atoms. The van der Waals surface area contributed by atoms with E-state index in [9.17, 15) is 4.79 Å². The molecule has 6 heteroatoms. The molecule has 1 saturated heterocycles. The molecule has 1 fully saturated rings. The van der Waals surface area contributed by atoms with Crippen LogP contribution in [-0.2, 0) is 9.53 Å². The van der Waals surface area contributed by atoms with Gasteiger partial charge in [0.05, 0.1) is 31.6 Å². The molecule has 2 atom stereocenters. The normalized spacial score (nSPS) is 19.1. The molecule has 0 saturated carbocycles. The summed E-state index contributed by atoms with van der Waals surface area (Å²) in [6.45, 7) is 8.96. The Hall–Kier alpha value is -1.16. The Morgan fingerprint density at radius 3 is 2.60 bits per heavy atom. The predicted molar refractivity (Wildman–Crippen MR) is 76.9 cm³/mol. The first kappa shape index (κ1) is 16.9. The molecule has 2 unspecified atom stereocenters. The molecule has 0 aliphatic carbocycles. The highest BCUT2D eigenvalue weighted by molar-refractivity contribution is 5.79. The first-order valence-corrected chi connectivity index (χ1v) is 7.27. The molecule has 1 amide bonds. The van der Waals surface area contributed by atoms with Crippen LogP contribution < -0.4 is 5.73 Å². The molecule has 1 aliphatic heterocycles. The van der Waals surface area contributed by atoms with E-state index in [2.05, 4.69) is 11.0 Å². The average Bonchev–Trinajstić information content (AvgIpc) is 2.47. The van der Waals surface area contributed by atoms with Crippen molar-refractivity contribution < 1.29 is 9.53 Å². The van der Waals surface area contributed by atoms with E-state index in [1.54, 1.807) is 4.90 Å². The third-order valence-corrected chi connectivity index (χ3v) is 3.77. The molecule has 0 aromatic rings. The fraction of sp³-hybridized carbons (Fsp3) is 0.857. The summed E-state index contributed by atoms with van der Waals surface area (Å²) in [5.41, 5.74) is 5.80. The first-order valence-electron chi connectivity index (χ1n) is 7.27. The highest BCUT2D eigenvalue weighted by atomic mass is 16.5. The van der Waals surface area contributed by atoms with Gasteiger partial charge in [0, 0.05) is 38.8 Å². The summed E-state index contributed by atoms with van der Waals surface area (Å²) in [6, 6.07) is 1.93. The number of nitrogens with zero attached hydrogens (tertiary/aromatic N) is 3. The van der Waals surface area contributed by atoms with Gasteiger partial charge in [-0.3, -0.25) is 9.69 Å². The Labute approximate surface area is 121 Å². The number of carbonyl (C=O) groups excluding carboxylic acids is 1. The summed E-state index contributed by atoms with van der Waals surface area (Å²) in [5, 5.41) is 8.72. The fourth-order valence-electron chi connectivity index (χ4n) is 2.12. The maximum atomic E-state index is 12.4. The number of rotatable bonds is 7. The molecule has 1 heterocycles. The van der Waals surface area contributed by atoms with Gasteiger partial charge in [0.2, 0.25) is 5.91 Å². The third kappa shape index (κ3) is 5.45. The topological polar surface area (TPSA) is 82.6 Å². The van der Waals surface area contributed by atoms with Crippen LogP contribution in [0.25, 0.3) is 0 Å². The maximum absolute atomic E-state index is 12.4. The zero-order chi connectivity index (χ0) is 15.0. The number of ether oxygens (including phenoxy) is 1. The van der Waals surface area contributed by atoms with E-state index in [4.69, 9.17) is 15.7 Å². The lowest BCUT2D eigenvalue weighted by Crippen LogP contribution is -2.46. The molecular formula is C14H26N4O2. The number of nitrogens with two attached hydrogens (primary N) is 1. The van der Waals surface area contributed by atoms with E-state index in [0.717, 1.165) is 32.8 Å². The number of hydrogen-bond donors (Lipinski definition) is 1. The summed E-state index contributed by atoms with van der Waals surface area (Å²) in [4.78, 5) is 16.4. The Kier molecular flexibility index (Phi) is 7.52. The van der Waals surface area contributed by atoms with Crippen molar-refractivity contribution >= 4 is 5.91 Å².